The Morgan fingerprint density at radius 2 is 1.85 bits per heavy atom. The number of H-pyrrole nitrogens is 1. The Labute approximate surface area is 90.8 Å². The number of rotatable bonds is 2. The van der Waals surface area contributed by atoms with Crippen LogP contribution in [0.15, 0.2) is 0 Å². The first-order valence-corrected chi connectivity index (χ1v) is 2.66. The summed E-state index contributed by atoms with van der Waals surface area (Å²) in [5, 5.41) is 25.1. The van der Waals surface area contributed by atoms with Gasteiger partial charge in [-0.2, -0.15) is 0 Å². The van der Waals surface area contributed by atoms with Gasteiger partial charge in [-0.3, -0.25) is 0 Å². The number of hydrogen-bond donors (Lipinski definition) is 2. The van der Waals surface area contributed by atoms with Gasteiger partial charge in [0.05, 0.1) is 0 Å². The van der Waals surface area contributed by atoms with E-state index in [1.165, 1.54) is 0 Å². The predicted octanol–water partition coefficient (Wildman–Crippen LogP) is -1.11. The van der Waals surface area contributed by atoms with E-state index in [-0.39, 0.29) is 27.3 Å². The monoisotopic (exact) mass is 383 g/mol. The number of aromatic nitrogens is 2. The second-order valence-corrected chi connectivity index (χ2v) is 1.82. The summed E-state index contributed by atoms with van der Waals surface area (Å²) in [6.45, 7) is 0. The van der Waals surface area contributed by atoms with Crippen LogP contribution in [0, 0.1) is 20.2 Å². The van der Waals surface area contributed by atoms with Crippen LogP contribution < -0.4 is 5.73 Å². The van der Waals surface area contributed by atoms with Crippen molar-refractivity contribution < 1.29 is 9.85 Å². The summed E-state index contributed by atoms with van der Waals surface area (Å²) in [6.07, 6.45) is 0. The molecular formula is C3H5N5O4Pb. The molecule has 1 rings (SSSR count). The number of anilines is 1. The Balaban J connectivity index is 0.00000144. The van der Waals surface area contributed by atoms with Gasteiger partial charge >= 0.3 is 38.9 Å². The molecule has 0 unspecified atom stereocenters. The molecular weight excluding hydrogens is 377 g/mol. The fourth-order valence-electron chi connectivity index (χ4n) is 0.611. The Morgan fingerprint density at radius 3 is 2.08 bits per heavy atom. The Morgan fingerprint density at radius 1 is 1.31 bits per heavy atom. The SMILES string of the molecule is Nc1c([N+](=O)[O-])n[nH]c1[N+](=O)[O-].[PbH2]. The zero-order chi connectivity index (χ0) is 9.30. The summed E-state index contributed by atoms with van der Waals surface area (Å²) in [7, 11) is 0. The molecule has 0 saturated heterocycles. The first kappa shape index (κ1) is 11.7. The van der Waals surface area contributed by atoms with Gasteiger partial charge in [0.25, 0.3) is 0 Å². The fourth-order valence-corrected chi connectivity index (χ4v) is 0.611. The molecule has 0 atom stereocenters. The van der Waals surface area contributed by atoms with Gasteiger partial charge in [0, 0.05) is 0 Å². The number of nitrogens with one attached hydrogen (secondary N) is 1. The molecule has 0 aliphatic rings. The second kappa shape index (κ2) is 4.11. The molecule has 70 valence electrons. The van der Waals surface area contributed by atoms with Crippen LogP contribution in [0.4, 0.5) is 17.3 Å². The molecule has 0 aromatic carbocycles. The second-order valence-electron chi connectivity index (χ2n) is 1.82. The van der Waals surface area contributed by atoms with E-state index in [9.17, 15) is 20.2 Å². The molecule has 9 nitrogen and oxygen atoms in total. The normalized spacial score (nSPS) is 8.92. The number of hydrogen-bond acceptors (Lipinski definition) is 6. The average molecular weight is 382 g/mol. The van der Waals surface area contributed by atoms with Crippen molar-refractivity contribution in [3.63, 3.8) is 0 Å². The first-order chi connectivity index (χ1) is 5.54. The standard InChI is InChI=1S/C3H3N5O4.Pb.2H/c4-1-2(7(9)10)5-6-3(1)8(11)12;;;/h4H2,(H,5,6);;;. The summed E-state index contributed by atoms with van der Waals surface area (Å²) >= 11 is 0. The maximum atomic E-state index is 10.1. The van der Waals surface area contributed by atoms with Crippen molar-refractivity contribution in [3.05, 3.63) is 20.2 Å². The van der Waals surface area contributed by atoms with E-state index in [0.717, 1.165) is 0 Å². The first-order valence-electron chi connectivity index (χ1n) is 2.66. The van der Waals surface area contributed by atoms with Crippen molar-refractivity contribution in [3.8, 4) is 0 Å². The van der Waals surface area contributed by atoms with Crippen molar-refractivity contribution in [2.45, 2.75) is 0 Å². The minimum atomic E-state index is -0.904. The van der Waals surface area contributed by atoms with Crippen LogP contribution in [-0.4, -0.2) is 47.3 Å². The molecule has 0 aliphatic carbocycles. The molecule has 10 heteroatoms. The van der Waals surface area contributed by atoms with Gasteiger partial charge in [-0.1, -0.05) is 0 Å². The topological polar surface area (TPSA) is 141 Å². The zero-order valence-electron chi connectivity index (χ0n) is 6.26. The van der Waals surface area contributed by atoms with Gasteiger partial charge in [0.2, 0.25) is 5.69 Å². The molecule has 0 amide bonds. The summed E-state index contributed by atoms with van der Waals surface area (Å²) in [5.41, 5.74) is 4.46. The van der Waals surface area contributed by atoms with Crippen LogP contribution in [0.2, 0.25) is 0 Å². The average Bonchev–Trinajstić information content (AvgIpc) is 2.30. The Bertz CT molecular complexity index is 316. The fraction of sp³-hybridized carbons (Fsp3) is 0. The molecule has 0 bridgehead atoms. The molecule has 13 heavy (non-hydrogen) atoms. The summed E-state index contributed by atoms with van der Waals surface area (Å²) in [6, 6.07) is 0. The zero-order valence-corrected chi connectivity index (χ0v) is 11.8. The molecule has 2 radical (unpaired) electrons. The summed E-state index contributed by atoms with van der Waals surface area (Å²) in [4.78, 5) is 18.4. The number of nitrogens with two attached hydrogens (primary N) is 1. The molecule has 0 fully saturated rings. The van der Waals surface area contributed by atoms with Crippen molar-refractivity contribution in [1.82, 2.24) is 10.2 Å². The third-order valence-electron chi connectivity index (χ3n) is 1.12. The molecule has 1 heterocycles. The third-order valence-corrected chi connectivity index (χ3v) is 1.12. The molecule has 1 aromatic heterocycles. The van der Waals surface area contributed by atoms with E-state index in [2.05, 4.69) is 5.10 Å². The van der Waals surface area contributed by atoms with E-state index < -0.39 is 27.2 Å². The van der Waals surface area contributed by atoms with E-state index >= 15 is 0 Å². The number of aromatic amines is 1. The Hall–Kier alpha value is -1.27. The molecule has 3 N–H and O–H groups in total. The van der Waals surface area contributed by atoms with Crippen molar-refractivity contribution in [2.75, 3.05) is 5.73 Å². The molecule has 0 aliphatic heterocycles. The van der Waals surface area contributed by atoms with Crippen molar-refractivity contribution in [1.29, 1.82) is 0 Å². The summed E-state index contributed by atoms with van der Waals surface area (Å²) in [5.74, 6) is -1.40. The van der Waals surface area contributed by atoms with Crippen molar-refractivity contribution in [2.24, 2.45) is 0 Å². The molecule has 0 spiro atoms. The van der Waals surface area contributed by atoms with Crippen LogP contribution in [0.25, 0.3) is 0 Å². The van der Waals surface area contributed by atoms with Gasteiger partial charge in [0.1, 0.15) is 5.10 Å². The van der Waals surface area contributed by atoms with Crippen LogP contribution in [0.3, 0.4) is 0 Å². The van der Waals surface area contributed by atoms with Crippen LogP contribution in [0.1, 0.15) is 0 Å². The van der Waals surface area contributed by atoms with Gasteiger partial charge in [0.15, 0.2) is 0 Å². The maximum absolute atomic E-state index is 10.1. The van der Waals surface area contributed by atoms with E-state index in [1.807, 2.05) is 5.10 Å². The number of nitrogens with zero attached hydrogens (tertiary/aromatic N) is 3. The Kier molecular flexibility index (Phi) is 3.71. The summed E-state index contributed by atoms with van der Waals surface area (Å²) < 4.78 is 0. The van der Waals surface area contributed by atoms with Crippen LogP contribution in [0.5, 0.6) is 0 Å². The van der Waals surface area contributed by atoms with Crippen molar-refractivity contribution >= 4 is 44.6 Å². The number of nitrogen functional groups attached to an aromatic ring is 1. The quantitative estimate of drug-likeness (QED) is 0.378. The van der Waals surface area contributed by atoms with Gasteiger partial charge in [-0.15, -0.1) is 0 Å². The minimum absolute atomic E-state index is 0. The van der Waals surface area contributed by atoms with Crippen LogP contribution in [-0.2, 0) is 0 Å². The van der Waals surface area contributed by atoms with E-state index in [4.69, 9.17) is 5.73 Å². The predicted molar refractivity (Wildman–Crippen MR) is 44.9 cm³/mol. The van der Waals surface area contributed by atoms with Crippen LogP contribution >= 0.6 is 0 Å². The van der Waals surface area contributed by atoms with Gasteiger partial charge < -0.3 is 26.0 Å². The van der Waals surface area contributed by atoms with E-state index in [0.29, 0.717) is 0 Å². The van der Waals surface area contributed by atoms with Gasteiger partial charge in [-0.05, 0) is 14.9 Å². The molecule has 1 aromatic rings. The molecule has 0 saturated carbocycles. The number of nitro groups is 2. The third kappa shape index (κ3) is 2.10. The van der Waals surface area contributed by atoms with Gasteiger partial charge in [-0.25, -0.2) is 0 Å². The van der Waals surface area contributed by atoms with E-state index in [1.54, 1.807) is 0 Å².